The number of carboxylic acid groups (broad SMARTS) is 1. The van der Waals surface area contributed by atoms with Crippen LogP contribution in [0.3, 0.4) is 0 Å². The molecule has 0 radical (unpaired) electrons. The van der Waals surface area contributed by atoms with E-state index in [2.05, 4.69) is 9.88 Å². The van der Waals surface area contributed by atoms with Crippen LogP contribution >= 0.6 is 11.3 Å². The second kappa shape index (κ2) is 6.26. The van der Waals surface area contributed by atoms with Crippen molar-refractivity contribution in [2.45, 2.75) is 6.42 Å². The van der Waals surface area contributed by atoms with E-state index in [4.69, 9.17) is 4.74 Å². The summed E-state index contributed by atoms with van der Waals surface area (Å²) in [6.45, 7) is 3.04. The molecule has 0 atom stereocenters. The molecule has 1 aromatic rings. The monoisotopic (exact) mass is 234 g/mol. The summed E-state index contributed by atoms with van der Waals surface area (Å²) in [5.74, 6) is -1.09. The van der Waals surface area contributed by atoms with Gasteiger partial charge in [-0.3, -0.25) is 0 Å². The number of anilines is 1. The summed E-state index contributed by atoms with van der Waals surface area (Å²) in [5, 5.41) is 13.0. The van der Waals surface area contributed by atoms with Crippen molar-refractivity contribution in [3.63, 3.8) is 0 Å². The van der Waals surface area contributed by atoms with Crippen LogP contribution in [-0.4, -0.2) is 37.3 Å². The second-order valence-corrected chi connectivity index (χ2v) is 4.11. The molecular formula is C9H11LiN2O3S. The number of ether oxygens (including phenoxy) is 1. The molecule has 1 aliphatic heterocycles. The molecule has 0 N–H and O–H groups in total. The number of aromatic nitrogens is 1. The first kappa shape index (κ1) is 13.5. The fraction of sp³-hybridized carbons (Fsp3) is 0.556. The van der Waals surface area contributed by atoms with E-state index in [1.165, 1.54) is 11.3 Å². The van der Waals surface area contributed by atoms with Gasteiger partial charge in [0, 0.05) is 30.9 Å². The van der Waals surface area contributed by atoms with Gasteiger partial charge >= 0.3 is 18.9 Å². The molecule has 0 aromatic carbocycles. The summed E-state index contributed by atoms with van der Waals surface area (Å²) >= 11 is 1.47. The van der Waals surface area contributed by atoms with Crippen molar-refractivity contribution >= 4 is 22.4 Å². The molecule has 0 aliphatic carbocycles. The third-order valence-electron chi connectivity index (χ3n) is 2.15. The molecule has 16 heavy (non-hydrogen) atoms. The Bertz CT molecular complexity index is 352. The number of carbonyl (C=O) groups is 1. The molecule has 5 nitrogen and oxygen atoms in total. The summed E-state index contributed by atoms with van der Waals surface area (Å²) in [5.41, 5.74) is 0.571. The molecule has 0 bridgehead atoms. The van der Waals surface area contributed by atoms with Gasteiger partial charge in [0.05, 0.1) is 18.9 Å². The Morgan fingerprint density at radius 3 is 2.88 bits per heavy atom. The molecule has 1 aromatic heterocycles. The van der Waals surface area contributed by atoms with Crippen LogP contribution in [0.4, 0.5) is 5.13 Å². The number of carbonyl (C=O) groups excluding carboxylic acids is 1. The molecule has 1 aliphatic rings. The van der Waals surface area contributed by atoms with Gasteiger partial charge in [0.15, 0.2) is 5.13 Å². The number of nitrogens with zero attached hydrogens (tertiary/aromatic N) is 2. The minimum Gasteiger partial charge on any atom is -0.550 e. The normalized spacial score (nSPS) is 15.6. The van der Waals surface area contributed by atoms with E-state index in [0.717, 1.165) is 18.2 Å². The summed E-state index contributed by atoms with van der Waals surface area (Å²) in [7, 11) is 0. The van der Waals surface area contributed by atoms with Crippen molar-refractivity contribution in [3.05, 3.63) is 11.1 Å². The topological polar surface area (TPSA) is 65.5 Å². The molecule has 0 saturated carbocycles. The standard InChI is InChI=1S/C9H12N2O3S.Li/c12-8(13)5-7-6-15-9(10-7)11-1-3-14-4-2-11;/h6H,1-5H2,(H,12,13);/q;+1/p-1. The van der Waals surface area contributed by atoms with Crippen molar-refractivity contribution in [1.29, 1.82) is 0 Å². The molecule has 0 spiro atoms. The van der Waals surface area contributed by atoms with Gasteiger partial charge in [-0.25, -0.2) is 4.98 Å². The average molecular weight is 234 g/mol. The third-order valence-corrected chi connectivity index (χ3v) is 3.10. The number of rotatable bonds is 3. The van der Waals surface area contributed by atoms with Gasteiger partial charge in [0.1, 0.15) is 0 Å². The fourth-order valence-corrected chi connectivity index (χ4v) is 2.30. The molecule has 7 heteroatoms. The van der Waals surface area contributed by atoms with Crippen LogP contribution in [0.1, 0.15) is 5.69 Å². The summed E-state index contributed by atoms with van der Waals surface area (Å²) in [4.78, 5) is 16.7. The summed E-state index contributed by atoms with van der Waals surface area (Å²) in [6.07, 6.45) is -0.110. The van der Waals surface area contributed by atoms with Gasteiger partial charge in [-0.05, 0) is 0 Å². The summed E-state index contributed by atoms with van der Waals surface area (Å²) in [6, 6.07) is 0. The maximum absolute atomic E-state index is 10.4. The Kier molecular flexibility index (Phi) is 5.29. The smallest absolute Gasteiger partial charge is 0.550 e. The number of aliphatic carboxylic acids is 1. The van der Waals surface area contributed by atoms with Crippen LogP contribution in [0.5, 0.6) is 0 Å². The van der Waals surface area contributed by atoms with Gasteiger partial charge in [-0.15, -0.1) is 11.3 Å². The van der Waals surface area contributed by atoms with E-state index < -0.39 is 5.97 Å². The van der Waals surface area contributed by atoms with Crippen molar-refractivity contribution in [1.82, 2.24) is 4.98 Å². The molecule has 0 unspecified atom stereocenters. The molecule has 2 rings (SSSR count). The van der Waals surface area contributed by atoms with E-state index in [-0.39, 0.29) is 25.3 Å². The van der Waals surface area contributed by atoms with E-state index in [1.54, 1.807) is 5.38 Å². The number of thiazole rings is 1. The van der Waals surface area contributed by atoms with E-state index in [0.29, 0.717) is 18.9 Å². The predicted molar refractivity (Wildman–Crippen MR) is 53.9 cm³/mol. The van der Waals surface area contributed by atoms with Crippen LogP contribution in [0.25, 0.3) is 0 Å². The van der Waals surface area contributed by atoms with Crippen molar-refractivity contribution in [2.24, 2.45) is 0 Å². The second-order valence-electron chi connectivity index (χ2n) is 3.27. The van der Waals surface area contributed by atoms with Crippen molar-refractivity contribution in [2.75, 3.05) is 31.2 Å². The maximum Gasteiger partial charge on any atom is 1.00 e. The van der Waals surface area contributed by atoms with E-state index in [1.807, 2.05) is 0 Å². The number of morpholine rings is 1. The first-order chi connectivity index (χ1) is 7.25. The van der Waals surface area contributed by atoms with Gasteiger partial charge in [-0.1, -0.05) is 0 Å². The SMILES string of the molecule is O=C([O-])Cc1csc(N2CCOCC2)n1.[Li+]. The van der Waals surface area contributed by atoms with Crippen LogP contribution in [-0.2, 0) is 16.0 Å². The van der Waals surface area contributed by atoms with Crippen LogP contribution in [0, 0.1) is 0 Å². The Morgan fingerprint density at radius 1 is 1.56 bits per heavy atom. The molecular weight excluding hydrogens is 223 g/mol. The Balaban J connectivity index is 0.00000128. The quantitative estimate of drug-likeness (QED) is 0.503. The van der Waals surface area contributed by atoms with Crippen LogP contribution < -0.4 is 28.9 Å². The molecule has 2 heterocycles. The van der Waals surface area contributed by atoms with Crippen LogP contribution in [0.2, 0.25) is 0 Å². The maximum atomic E-state index is 10.4. The minimum atomic E-state index is -1.09. The molecule has 82 valence electrons. The summed E-state index contributed by atoms with van der Waals surface area (Å²) < 4.78 is 5.22. The Morgan fingerprint density at radius 2 is 2.25 bits per heavy atom. The van der Waals surface area contributed by atoms with Crippen LogP contribution in [0.15, 0.2) is 5.38 Å². The molecule has 1 fully saturated rings. The van der Waals surface area contributed by atoms with Gasteiger partial charge < -0.3 is 19.5 Å². The average Bonchev–Trinajstić information content (AvgIpc) is 2.67. The Labute approximate surface area is 110 Å². The zero-order valence-corrected chi connectivity index (χ0v) is 9.96. The van der Waals surface area contributed by atoms with Gasteiger partial charge in [0.2, 0.25) is 0 Å². The van der Waals surface area contributed by atoms with Crippen molar-refractivity contribution < 1.29 is 33.5 Å². The van der Waals surface area contributed by atoms with Gasteiger partial charge in [0.25, 0.3) is 0 Å². The fourth-order valence-electron chi connectivity index (χ4n) is 1.43. The largest absolute Gasteiger partial charge is 1.00 e. The van der Waals surface area contributed by atoms with Crippen molar-refractivity contribution in [3.8, 4) is 0 Å². The molecule has 0 amide bonds. The number of hydrogen-bond acceptors (Lipinski definition) is 6. The zero-order valence-electron chi connectivity index (χ0n) is 9.14. The minimum absolute atomic E-state index is 0. The van der Waals surface area contributed by atoms with E-state index >= 15 is 0 Å². The first-order valence-electron chi connectivity index (χ1n) is 4.72. The third kappa shape index (κ3) is 3.49. The van der Waals surface area contributed by atoms with E-state index in [9.17, 15) is 9.90 Å². The zero-order chi connectivity index (χ0) is 10.7. The number of hydrogen-bond donors (Lipinski definition) is 0. The molecule has 1 saturated heterocycles. The Hall–Kier alpha value is -0.543. The first-order valence-corrected chi connectivity index (χ1v) is 5.60. The predicted octanol–water partition coefficient (Wildman–Crippen LogP) is -3.72. The number of carboxylic acids is 1. The van der Waals surface area contributed by atoms with Gasteiger partial charge in [-0.2, -0.15) is 0 Å².